The Labute approximate surface area is 118 Å². The maximum atomic E-state index is 11.6. The Morgan fingerprint density at radius 2 is 1.95 bits per heavy atom. The second-order valence-corrected chi connectivity index (χ2v) is 4.61. The molecule has 1 aromatic heterocycles. The third-order valence-corrected chi connectivity index (χ3v) is 3.00. The van der Waals surface area contributed by atoms with Gasteiger partial charge in [-0.2, -0.15) is 5.10 Å². The number of nitrogens with one attached hydrogen (secondary N) is 3. The SMILES string of the molecule is O=C(NCCCCNCc1ccccc1)c1cn[nH]c1. The van der Waals surface area contributed by atoms with E-state index in [4.69, 9.17) is 0 Å². The van der Waals surface area contributed by atoms with Crippen LogP contribution in [0.3, 0.4) is 0 Å². The first-order valence-corrected chi connectivity index (χ1v) is 6.88. The van der Waals surface area contributed by atoms with Crippen molar-refractivity contribution in [1.82, 2.24) is 20.8 Å². The summed E-state index contributed by atoms with van der Waals surface area (Å²) >= 11 is 0. The Balaban J connectivity index is 1.49. The van der Waals surface area contributed by atoms with Crippen molar-refractivity contribution in [2.75, 3.05) is 13.1 Å². The second kappa shape index (κ2) is 8.12. The highest BCUT2D eigenvalue weighted by molar-refractivity contribution is 5.93. The molecule has 1 amide bonds. The molecule has 0 bridgehead atoms. The zero-order valence-electron chi connectivity index (χ0n) is 11.4. The Kier molecular flexibility index (Phi) is 5.79. The summed E-state index contributed by atoms with van der Waals surface area (Å²) in [7, 11) is 0. The molecule has 1 aromatic carbocycles. The van der Waals surface area contributed by atoms with E-state index in [0.29, 0.717) is 12.1 Å². The molecule has 1 heterocycles. The predicted octanol–water partition coefficient (Wildman–Crippen LogP) is 1.71. The third-order valence-electron chi connectivity index (χ3n) is 3.00. The zero-order chi connectivity index (χ0) is 14.0. The number of nitrogens with zero attached hydrogens (tertiary/aromatic N) is 1. The van der Waals surface area contributed by atoms with Crippen LogP contribution in [0, 0.1) is 0 Å². The van der Waals surface area contributed by atoms with Gasteiger partial charge in [-0.15, -0.1) is 0 Å². The minimum absolute atomic E-state index is 0.0732. The molecule has 0 spiro atoms. The number of benzene rings is 1. The lowest BCUT2D eigenvalue weighted by Crippen LogP contribution is -2.25. The van der Waals surface area contributed by atoms with Crippen molar-refractivity contribution in [2.45, 2.75) is 19.4 Å². The van der Waals surface area contributed by atoms with Gasteiger partial charge in [0.15, 0.2) is 0 Å². The number of hydrogen-bond donors (Lipinski definition) is 3. The van der Waals surface area contributed by atoms with Crippen molar-refractivity contribution in [3.63, 3.8) is 0 Å². The lowest BCUT2D eigenvalue weighted by molar-refractivity contribution is 0.0953. The van der Waals surface area contributed by atoms with E-state index < -0.39 is 0 Å². The molecule has 2 rings (SSSR count). The highest BCUT2D eigenvalue weighted by Crippen LogP contribution is 1.97. The molecule has 0 aliphatic rings. The summed E-state index contributed by atoms with van der Waals surface area (Å²) in [6.45, 7) is 2.54. The van der Waals surface area contributed by atoms with Gasteiger partial charge in [0.2, 0.25) is 0 Å². The van der Waals surface area contributed by atoms with E-state index in [0.717, 1.165) is 25.9 Å². The Hall–Kier alpha value is -2.14. The van der Waals surface area contributed by atoms with Crippen molar-refractivity contribution >= 4 is 5.91 Å². The molecule has 0 saturated carbocycles. The van der Waals surface area contributed by atoms with E-state index in [1.54, 1.807) is 6.20 Å². The molecule has 5 nitrogen and oxygen atoms in total. The molecule has 3 N–H and O–H groups in total. The topological polar surface area (TPSA) is 69.8 Å². The van der Waals surface area contributed by atoms with Crippen molar-refractivity contribution in [3.05, 3.63) is 53.9 Å². The van der Waals surface area contributed by atoms with E-state index in [1.165, 1.54) is 11.8 Å². The fourth-order valence-electron chi connectivity index (χ4n) is 1.88. The van der Waals surface area contributed by atoms with Gasteiger partial charge in [0.1, 0.15) is 0 Å². The largest absolute Gasteiger partial charge is 0.352 e. The summed E-state index contributed by atoms with van der Waals surface area (Å²) in [6, 6.07) is 10.3. The number of hydrogen-bond acceptors (Lipinski definition) is 3. The van der Waals surface area contributed by atoms with Crippen LogP contribution in [0.1, 0.15) is 28.8 Å². The van der Waals surface area contributed by atoms with Crippen LogP contribution in [0.25, 0.3) is 0 Å². The highest BCUT2D eigenvalue weighted by atomic mass is 16.1. The van der Waals surface area contributed by atoms with E-state index in [2.05, 4.69) is 33.0 Å². The molecule has 0 fully saturated rings. The van der Waals surface area contributed by atoms with Gasteiger partial charge in [-0.25, -0.2) is 0 Å². The van der Waals surface area contributed by atoms with Crippen molar-refractivity contribution in [2.24, 2.45) is 0 Å². The standard InChI is InChI=1S/C15H20N4O/c20-15(14-11-18-19-12-14)17-9-5-4-8-16-10-13-6-2-1-3-7-13/h1-3,6-7,11-12,16H,4-5,8-10H2,(H,17,20)(H,18,19). The molecular formula is C15H20N4O. The van der Waals surface area contributed by atoms with Gasteiger partial charge in [0, 0.05) is 19.3 Å². The number of aromatic amines is 1. The van der Waals surface area contributed by atoms with Crippen LogP contribution in [-0.2, 0) is 6.54 Å². The zero-order valence-corrected chi connectivity index (χ0v) is 11.4. The van der Waals surface area contributed by atoms with Crippen LogP contribution in [0.15, 0.2) is 42.7 Å². The molecule has 2 aromatic rings. The van der Waals surface area contributed by atoms with Gasteiger partial charge >= 0.3 is 0 Å². The van der Waals surface area contributed by atoms with Crippen LogP contribution in [0.2, 0.25) is 0 Å². The van der Waals surface area contributed by atoms with E-state index >= 15 is 0 Å². The van der Waals surface area contributed by atoms with Gasteiger partial charge in [-0.05, 0) is 24.9 Å². The molecule has 106 valence electrons. The quantitative estimate of drug-likeness (QED) is 0.641. The molecule has 20 heavy (non-hydrogen) atoms. The van der Waals surface area contributed by atoms with Crippen LogP contribution < -0.4 is 10.6 Å². The number of carbonyl (C=O) groups is 1. The molecule has 0 atom stereocenters. The molecule has 5 heteroatoms. The molecular weight excluding hydrogens is 252 g/mol. The predicted molar refractivity (Wildman–Crippen MR) is 78.3 cm³/mol. The molecule has 0 aliphatic carbocycles. The van der Waals surface area contributed by atoms with E-state index in [1.807, 2.05) is 18.2 Å². The van der Waals surface area contributed by atoms with Gasteiger partial charge in [-0.1, -0.05) is 30.3 Å². The summed E-state index contributed by atoms with van der Waals surface area (Å²) in [4.78, 5) is 11.6. The summed E-state index contributed by atoms with van der Waals surface area (Å²) < 4.78 is 0. The number of amides is 1. The Morgan fingerprint density at radius 1 is 1.15 bits per heavy atom. The number of aromatic nitrogens is 2. The van der Waals surface area contributed by atoms with Crippen molar-refractivity contribution in [3.8, 4) is 0 Å². The molecule has 0 unspecified atom stereocenters. The van der Waals surface area contributed by atoms with Gasteiger partial charge in [0.25, 0.3) is 5.91 Å². The fraction of sp³-hybridized carbons (Fsp3) is 0.333. The van der Waals surface area contributed by atoms with Crippen LogP contribution in [0.5, 0.6) is 0 Å². The smallest absolute Gasteiger partial charge is 0.254 e. The Morgan fingerprint density at radius 3 is 2.70 bits per heavy atom. The molecule has 0 saturated heterocycles. The summed E-state index contributed by atoms with van der Waals surface area (Å²) in [5.74, 6) is -0.0732. The maximum Gasteiger partial charge on any atom is 0.254 e. The monoisotopic (exact) mass is 272 g/mol. The van der Waals surface area contributed by atoms with Gasteiger partial charge in [-0.3, -0.25) is 9.89 Å². The number of unbranched alkanes of at least 4 members (excludes halogenated alkanes) is 1. The molecule has 0 aliphatic heterocycles. The minimum atomic E-state index is -0.0732. The van der Waals surface area contributed by atoms with Crippen LogP contribution in [0.4, 0.5) is 0 Å². The minimum Gasteiger partial charge on any atom is -0.352 e. The first kappa shape index (κ1) is 14.3. The van der Waals surface area contributed by atoms with E-state index in [-0.39, 0.29) is 5.91 Å². The van der Waals surface area contributed by atoms with Crippen molar-refractivity contribution in [1.29, 1.82) is 0 Å². The lowest BCUT2D eigenvalue weighted by atomic mass is 10.2. The lowest BCUT2D eigenvalue weighted by Gasteiger charge is -2.06. The normalized spacial score (nSPS) is 10.4. The third kappa shape index (κ3) is 4.85. The fourth-order valence-corrected chi connectivity index (χ4v) is 1.88. The number of carbonyl (C=O) groups excluding carboxylic acids is 1. The van der Waals surface area contributed by atoms with Gasteiger partial charge in [0.05, 0.1) is 11.8 Å². The average Bonchev–Trinajstić information content (AvgIpc) is 3.01. The average molecular weight is 272 g/mol. The van der Waals surface area contributed by atoms with E-state index in [9.17, 15) is 4.79 Å². The maximum absolute atomic E-state index is 11.6. The first-order valence-electron chi connectivity index (χ1n) is 6.88. The van der Waals surface area contributed by atoms with Crippen LogP contribution >= 0.6 is 0 Å². The second-order valence-electron chi connectivity index (χ2n) is 4.61. The summed E-state index contributed by atoms with van der Waals surface area (Å²) in [5, 5.41) is 12.6. The summed E-state index contributed by atoms with van der Waals surface area (Å²) in [5.41, 5.74) is 1.87. The first-order chi connectivity index (χ1) is 9.86. The Bertz CT molecular complexity index is 496. The van der Waals surface area contributed by atoms with Crippen LogP contribution in [-0.4, -0.2) is 29.2 Å². The number of rotatable bonds is 8. The van der Waals surface area contributed by atoms with Crippen molar-refractivity contribution < 1.29 is 4.79 Å². The summed E-state index contributed by atoms with van der Waals surface area (Å²) in [6.07, 6.45) is 5.12. The van der Waals surface area contributed by atoms with Gasteiger partial charge < -0.3 is 10.6 Å². The number of H-pyrrole nitrogens is 1. The highest BCUT2D eigenvalue weighted by Gasteiger charge is 2.04. The molecule has 0 radical (unpaired) electrons.